The number of aryl methyl sites for hydroxylation is 1. The lowest BCUT2D eigenvalue weighted by atomic mass is 9.98. The number of carbonyl (C=O) groups excluding carboxylic acids is 2. The maximum atomic E-state index is 12.7. The Labute approximate surface area is 187 Å². The van der Waals surface area contributed by atoms with Crippen LogP contribution in [0.5, 0.6) is 11.5 Å². The SMILES string of the molecule is COc1ccc(C(NC(=O)COC(=O)c2cccc(C)c2N)c2ccc(OC)cc2)cc1. The number of hydrogen-bond donors (Lipinski definition) is 2. The molecule has 0 fully saturated rings. The highest BCUT2D eigenvalue weighted by atomic mass is 16.5. The highest BCUT2D eigenvalue weighted by Crippen LogP contribution is 2.26. The minimum atomic E-state index is -0.646. The Morgan fingerprint density at radius 3 is 1.91 bits per heavy atom. The summed E-state index contributed by atoms with van der Waals surface area (Å²) in [6.07, 6.45) is 0. The predicted molar refractivity (Wildman–Crippen MR) is 122 cm³/mol. The van der Waals surface area contributed by atoms with E-state index in [9.17, 15) is 9.59 Å². The van der Waals surface area contributed by atoms with Gasteiger partial charge in [0.1, 0.15) is 11.5 Å². The first-order valence-electron chi connectivity index (χ1n) is 10.0. The van der Waals surface area contributed by atoms with E-state index in [4.69, 9.17) is 19.9 Å². The average molecular weight is 434 g/mol. The summed E-state index contributed by atoms with van der Waals surface area (Å²) in [6, 6.07) is 19.4. The van der Waals surface area contributed by atoms with Crippen molar-refractivity contribution in [2.45, 2.75) is 13.0 Å². The van der Waals surface area contributed by atoms with E-state index in [-0.39, 0.29) is 5.56 Å². The zero-order chi connectivity index (χ0) is 23.1. The second-order valence-electron chi connectivity index (χ2n) is 7.16. The smallest absolute Gasteiger partial charge is 0.340 e. The molecule has 0 bridgehead atoms. The summed E-state index contributed by atoms with van der Waals surface area (Å²) in [6.45, 7) is 1.36. The van der Waals surface area contributed by atoms with Crippen molar-refractivity contribution >= 4 is 17.6 Å². The van der Waals surface area contributed by atoms with E-state index in [1.54, 1.807) is 39.3 Å². The summed E-state index contributed by atoms with van der Waals surface area (Å²) in [5.41, 5.74) is 8.98. The van der Waals surface area contributed by atoms with Crippen LogP contribution in [0.2, 0.25) is 0 Å². The second kappa shape index (κ2) is 10.3. The summed E-state index contributed by atoms with van der Waals surface area (Å²) >= 11 is 0. The zero-order valence-corrected chi connectivity index (χ0v) is 18.3. The molecular formula is C25H26N2O5. The molecule has 3 aromatic rings. The average Bonchev–Trinajstić information content (AvgIpc) is 2.83. The third-order valence-electron chi connectivity index (χ3n) is 5.08. The van der Waals surface area contributed by atoms with E-state index in [0.717, 1.165) is 16.7 Å². The molecule has 0 unspecified atom stereocenters. The predicted octanol–water partition coefficient (Wildman–Crippen LogP) is 3.66. The van der Waals surface area contributed by atoms with Gasteiger partial charge in [-0.25, -0.2) is 4.79 Å². The van der Waals surface area contributed by atoms with Crippen molar-refractivity contribution in [1.29, 1.82) is 0 Å². The number of carbonyl (C=O) groups is 2. The molecule has 166 valence electrons. The molecule has 0 spiro atoms. The number of para-hydroxylation sites is 1. The molecule has 0 saturated heterocycles. The molecular weight excluding hydrogens is 408 g/mol. The highest BCUT2D eigenvalue weighted by molar-refractivity contribution is 5.96. The molecule has 3 aromatic carbocycles. The molecule has 1 amide bonds. The number of nitrogen functional groups attached to an aromatic ring is 1. The highest BCUT2D eigenvalue weighted by Gasteiger charge is 2.19. The number of anilines is 1. The van der Waals surface area contributed by atoms with Crippen LogP contribution in [0.1, 0.15) is 33.1 Å². The number of amides is 1. The Balaban J connectivity index is 1.75. The Bertz CT molecular complexity index is 1030. The number of hydrogen-bond acceptors (Lipinski definition) is 6. The minimum absolute atomic E-state index is 0.236. The number of nitrogens with one attached hydrogen (secondary N) is 1. The molecule has 0 atom stereocenters. The molecule has 0 aliphatic heterocycles. The summed E-state index contributed by atoms with van der Waals surface area (Å²) in [5.74, 6) is 0.324. The fourth-order valence-corrected chi connectivity index (χ4v) is 3.22. The van der Waals surface area contributed by atoms with E-state index in [1.807, 2.05) is 48.5 Å². The van der Waals surface area contributed by atoms with Crippen LogP contribution < -0.4 is 20.5 Å². The van der Waals surface area contributed by atoms with Gasteiger partial charge in [0, 0.05) is 5.69 Å². The van der Waals surface area contributed by atoms with Crippen LogP contribution in [-0.4, -0.2) is 32.7 Å². The largest absolute Gasteiger partial charge is 0.497 e. The number of rotatable bonds is 8. The van der Waals surface area contributed by atoms with Crippen LogP contribution in [0.3, 0.4) is 0 Å². The Morgan fingerprint density at radius 2 is 1.41 bits per heavy atom. The fraction of sp³-hybridized carbons (Fsp3) is 0.200. The van der Waals surface area contributed by atoms with Crippen molar-refractivity contribution in [3.63, 3.8) is 0 Å². The van der Waals surface area contributed by atoms with Gasteiger partial charge in [-0.15, -0.1) is 0 Å². The van der Waals surface area contributed by atoms with Crippen molar-refractivity contribution in [1.82, 2.24) is 5.32 Å². The van der Waals surface area contributed by atoms with E-state index in [1.165, 1.54) is 0 Å². The zero-order valence-electron chi connectivity index (χ0n) is 18.3. The Kier molecular flexibility index (Phi) is 7.33. The molecule has 3 rings (SSSR count). The lowest BCUT2D eigenvalue weighted by molar-refractivity contribution is -0.124. The molecule has 0 radical (unpaired) electrons. The molecule has 0 saturated carbocycles. The molecule has 3 N–H and O–H groups in total. The lowest BCUT2D eigenvalue weighted by Gasteiger charge is -2.20. The summed E-state index contributed by atoms with van der Waals surface area (Å²) < 4.78 is 15.6. The van der Waals surface area contributed by atoms with Gasteiger partial charge in [0.25, 0.3) is 5.91 Å². The molecule has 7 nitrogen and oxygen atoms in total. The molecule has 0 aliphatic rings. The first-order chi connectivity index (χ1) is 15.4. The number of nitrogens with two attached hydrogens (primary N) is 1. The Morgan fingerprint density at radius 1 is 0.875 bits per heavy atom. The van der Waals surface area contributed by atoms with Crippen LogP contribution in [0, 0.1) is 6.92 Å². The third kappa shape index (κ3) is 5.37. The van der Waals surface area contributed by atoms with Crippen LogP contribution in [0.15, 0.2) is 66.7 Å². The summed E-state index contributed by atoms with van der Waals surface area (Å²) in [7, 11) is 3.18. The van der Waals surface area contributed by atoms with Crippen molar-refractivity contribution in [2.24, 2.45) is 0 Å². The number of benzene rings is 3. The number of methoxy groups -OCH3 is 2. The standard InChI is InChI=1S/C25H26N2O5/c1-16-5-4-6-21(23(16)26)25(29)32-15-22(28)27-24(17-7-11-19(30-2)12-8-17)18-9-13-20(31-3)14-10-18/h4-14,24H,15,26H2,1-3H3,(H,27,28). The second-order valence-corrected chi connectivity index (χ2v) is 7.16. The normalized spacial score (nSPS) is 10.5. The van der Waals surface area contributed by atoms with Crippen molar-refractivity contribution in [3.05, 3.63) is 89.0 Å². The topological polar surface area (TPSA) is 99.9 Å². The maximum Gasteiger partial charge on any atom is 0.340 e. The van der Waals surface area contributed by atoms with Crippen molar-refractivity contribution in [3.8, 4) is 11.5 Å². The van der Waals surface area contributed by atoms with Crippen LogP contribution in [-0.2, 0) is 9.53 Å². The fourth-order valence-electron chi connectivity index (χ4n) is 3.22. The van der Waals surface area contributed by atoms with Crippen LogP contribution >= 0.6 is 0 Å². The number of ether oxygens (including phenoxy) is 3. The van der Waals surface area contributed by atoms with E-state index < -0.39 is 24.5 Å². The Hall–Kier alpha value is -4.00. The third-order valence-corrected chi connectivity index (χ3v) is 5.08. The van der Waals surface area contributed by atoms with Gasteiger partial charge in [-0.05, 0) is 53.9 Å². The van der Waals surface area contributed by atoms with Gasteiger partial charge in [0.2, 0.25) is 0 Å². The van der Waals surface area contributed by atoms with Crippen LogP contribution in [0.4, 0.5) is 5.69 Å². The summed E-state index contributed by atoms with van der Waals surface area (Å²) in [4.78, 5) is 25.0. The lowest BCUT2D eigenvalue weighted by Crippen LogP contribution is -2.33. The van der Waals surface area contributed by atoms with E-state index in [2.05, 4.69) is 5.32 Å². The monoisotopic (exact) mass is 434 g/mol. The number of esters is 1. The minimum Gasteiger partial charge on any atom is -0.497 e. The maximum absolute atomic E-state index is 12.7. The van der Waals surface area contributed by atoms with E-state index in [0.29, 0.717) is 17.2 Å². The molecule has 0 aliphatic carbocycles. The van der Waals surface area contributed by atoms with Gasteiger partial charge >= 0.3 is 5.97 Å². The van der Waals surface area contributed by atoms with E-state index >= 15 is 0 Å². The van der Waals surface area contributed by atoms with Crippen molar-refractivity contribution < 1.29 is 23.8 Å². The quantitative estimate of drug-likeness (QED) is 0.415. The molecule has 32 heavy (non-hydrogen) atoms. The first-order valence-corrected chi connectivity index (χ1v) is 10.0. The van der Waals surface area contributed by atoms with Gasteiger partial charge < -0.3 is 25.3 Å². The molecule has 7 heteroatoms. The van der Waals surface area contributed by atoms with Gasteiger partial charge in [-0.2, -0.15) is 0 Å². The van der Waals surface area contributed by atoms with Gasteiger partial charge in [-0.1, -0.05) is 36.4 Å². The molecule has 0 aromatic heterocycles. The van der Waals surface area contributed by atoms with Gasteiger partial charge in [-0.3, -0.25) is 4.79 Å². The summed E-state index contributed by atoms with van der Waals surface area (Å²) in [5, 5.41) is 2.93. The first kappa shape index (κ1) is 22.7. The molecule has 0 heterocycles. The van der Waals surface area contributed by atoms with Crippen LogP contribution in [0.25, 0.3) is 0 Å². The van der Waals surface area contributed by atoms with Gasteiger partial charge in [0.15, 0.2) is 6.61 Å². The van der Waals surface area contributed by atoms with Gasteiger partial charge in [0.05, 0.1) is 25.8 Å². The van der Waals surface area contributed by atoms with Crippen molar-refractivity contribution in [2.75, 3.05) is 26.6 Å².